The highest BCUT2D eigenvalue weighted by molar-refractivity contribution is 7.13. The maximum atomic E-state index is 12.2. The highest BCUT2D eigenvalue weighted by Crippen LogP contribution is 2.22. The Morgan fingerprint density at radius 3 is 2.76 bits per heavy atom. The SMILES string of the molecule is CCCCOc1ccc(-c2ccc(=O)n(Cc3nc(-c4cccs4)no3)n2)cc1. The third kappa shape index (κ3) is 4.60. The van der Waals surface area contributed by atoms with Crippen LogP contribution in [0, 0.1) is 0 Å². The summed E-state index contributed by atoms with van der Waals surface area (Å²) in [5, 5.41) is 10.4. The van der Waals surface area contributed by atoms with Crippen LogP contribution in [-0.2, 0) is 6.54 Å². The van der Waals surface area contributed by atoms with Crippen LogP contribution in [0.5, 0.6) is 5.75 Å². The summed E-state index contributed by atoms with van der Waals surface area (Å²) in [7, 11) is 0. The first-order chi connectivity index (χ1) is 14.2. The van der Waals surface area contributed by atoms with Crippen molar-refractivity contribution in [2.24, 2.45) is 0 Å². The van der Waals surface area contributed by atoms with Gasteiger partial charge in [0.1, 0.15) is 12.3 Å². The monoisotopic (exact) mass is 408 g/mol. The first kappa shape index (κ1) is 19.1. The van der Waals surface area contributed by atoms with Gasteiger partial charge in [0.05, 0.1) is 17.2 Å². The molecular formula is C21H20N4O3S. The summed E-state index contributed by atoms with van der Waals surface area (Å²) in [4.78, 5) is 17.5. The molecule has 0 aliphatic carbocycles. The predicted molar refractivity (Wildman–Crippen MR) is 111 cm³/mol. The predicted octanol–water partition coefficient (Wildman–Crippen LogP) is 4.25. The van der Waals surface area contributed by atoms with E-state index in [0.29, 0.717) is 24.0 Å². The first-order valence-corrected chi connectivity index (χ1v) is 10.3. The van der Waals surface area contributed by atoms with Crippen molar-refractivity contribution >= 4 is 11.3 Å². The Bertz CT molecular complexity index is 1120. The summed E-state index contributed by atoms with van der Waals surface area (Å²) < 4.78 is 12.3. The van der Waals surface area contributed by atoms with Crippen LogP contribution in [0.2, 0.25) is 0 Å². The minimum absolute atomic E-state index is 0.114. The van der Waals surface area contributed by atoms with Gasteiger partial charge < -0.3 is 9.26 Å². The maximum Gasteiger partial charge on any atom is 0.267 e. The molecule has 0 radical (unpaired) electrons. The number of ether oxygens (including phenoxy) is 1. The molecule has 0 fully saturated rings. The van der Waals surface area contributed by atoms with Crippen molar-refractivity contribution in [3.05, 3.63) is 70.2 Å². The fourth-order valence-corrected chi connectivity index (χ4v) is 3.37. The summed E-state index contributed by atoms with van der Waals surface area (Å²) >= 11 is 1.53. The van der Waals surface area contributed by atoms with E-state index in [1.165, 1.54) is 22.1 Å². The molecule has 29 heavy (non-hydrogen) atoms. The summed E-state index contributed by atoms with van der Waals surface area (Å²) in [5.74, 6) is 1.67. The molecule has 0 saturated heterocycles. The number of thiophene rings is 1. The number of hydrogen-bond acceptors (Lipinski definition) is 7. The molecule has 148 valence electrons. The molecule has 4 rings (SSSR count). The Balaban J connectivity index is 1.51. The summed E-state index contributed by atoms with van der Waals surface area (Å²) in [6.07, 6.45) is 2.12. The van der Waals surface area contributed by atoms with Gasteiger partial charge in [-0.15, -0.1) is 11.3 Å². The van der Waals surface area contributed by atoms with Crippen LogP contribution in [0.4, 0.5) is 0 Å². The van der Waals surface area contributed by atoms with Gasteiger partial charge in [0.25, 0.3) is 5.56 Å². The van der Waals surface area contributed by atoms with Crippen LogP contribution < -0.4 is 10.3 Å². The lowest BCUT2D eigenvalue weighted by Crippen LogP contribution is -2.23. The van der Waals surface area contributed by atoms with Crippen LogP contribution in [0.15, 0.2) is 63.2 Å². The fraction of sp³-hybridized carbons (Fsp3) is 0.238. The lowest BCUT2D eigenvalue weighted by molar-refractivity contribution is 0.309. The minimum atomic E-state index is -0.232. The summed E-state index contributed by atoms with van der Waals surface area (Å²) in [6, 6.07) is 14.7. The molecular weight excluding hydrogens is 388 g/mol. The van der Waals surface area contributed by atoms with Gasteiger partial charge in [0.15, 0.2) is 0 Å². The Morgan fingerprint density at radius 2 is 2.00 bits per heavy atom. The highest BCUT2D eigenvalue weighted by atomic mass is 32.1. The van der Waals surface area contributed by atoms with E-state index >= 15 is 0 Å². The molecule has 0 N–H and O–H groups in total. The Labute approximate surface area is 171 Å². The maximum absolute atomic E-state index is 12.2. The Morgan fingerprint density at radius 1 is 1.14 bits per heavy atom. The highest BCUT2D eigenvalue weighted by Gasteiger charge is 2.12. The van der Waals surface area contributed by atoms with Crippen molar-refractivity contribution in [1.82, 2.24) is 19.9 Å². The lowest BCUT2D eigenvalue weighted by atomic mass is 10.1. The van der Waals surface area contributed by atoms with Crippen molar-refractivity contribution in [3.63, 3.8) is 0 Å². The number of rotatable bonds is 8. The zero-order valence-electron chi connectivity index (χ0n) is 15.9. The number of aromatic nitrogens is 4. The third-order valence-electron chi connectivity index (χ3n) is 4.28. The van der Waals surface area contributed by atoms with Gasteiger partial charge in [-0.2, -0.15) is 10.1 Å². The summed E-state index contributed by atoms with van der Waals surface area (Å²) in [5.41, 5.74) is 1.35. The molecule has 3 heterocycles. The average molecular weight is 408 g/mol. The fourth-order valence-electron chi connectivity index (χ4n) is 2.73. The Hall–Kier alpha value is -3.26. The average Bonchev–Trinajstić information content (AvgIpc) is 3.42. The van der Waals surface area contributed by atoms with Gasteiger partial charge in [-0.05, 0) is 48.2 Å². The molecule has 7 nitrogen and oxygen atoms in total. The second-order valence-electron chi connectivity index (χ2n) is 6.43. The molecule has 1 aromatic carbocycles. The van der Waals surface area contributed by atoms with Crippen LogP contribution in [0.1, 0.15) is 25.7 Å². The van der Waals surface area contributed by atoms with Gasteiger partial charge in [-0.25, -0.2) is 4.68 Å². The zero-order chi connectivity index (χ0) is 20.1. The van der Waals surface area contributed by atoms with E-state index in [9.17, 15) is 4.79 Å². The molecule has 8 heteroatoms. The van der Waals surface area contributed by atoms with Crippen LogP contribution in [-0.4, -0.2) is 26.5 Å². The first-order valence-electron chi connectivity index (χ1n) is 9.41. The van der Waals surface area contributed by atoms with Crippen LogP contribution >= 0.6 is 11.3 Å². The molecule has 0 spiro atoms. The van der Waals surface area contributed by atoms with Crippen molar-refractivity contribution in [2.75, 3.05) is 6.61 Å². The van der Waals surface area contributed by atoms with Gasteiger partial charge in [-0.1, -0.05) is 24.6 Å². The number of unbranched alkanes of at least 4 members (excludes halogenated alkanes) is 1. The van der Waals surface area contributed by atoms with E-state index in [1.807, 2.05) is 41.8 Å². The second kappa shape index (κ2) is 8.83. The van der Waals surface area contributed by atoms with Gasteiger partial charge in [0, 0.05) is 11.6 Å². The topological polar surface area (TPSA) is 83.0 Å². The molecule has 0 bridgehead atoms. The largest absolute Gasteiger partial charge is 0.494 e. The van der Waals surface area contributed by atoms with E-state index in [4.69, 9.17) is 9.26 Å². The van der Waals surface area contributed by atoms with Gasteiger partial charge >= 0.3 is 0 Å². The molecule has 4 aromatic rings. The van der Waals surface area contributed by atoms with Crippen LogP contribution in [0.3, 0.4) is 0 Å². The standard InChI is InChI=1S/C21H20N4O3S/c1-2-3-12-27-16-8-6-15(7-9-16)17-10-11-20(26)25(23-17)14-19-22-21(24-28-19)18-5-4-13-29-18/h4-11,13H,2-3,12,14H2,1H3. The van der Waals surface area contributed by atoms with Gasteiger partial charge in [0.2, 0.25) is 11.7 Å². The van der Waals surface area contributed by atoms with Crippen LogP contribution in [0.25, 0.3) is 22.0 Å². The third-order valence-corrected chi connectivity index (χ3v) is 5.14. The normalized spacial score (nSPS) is 10.9. The van der Waals surface area contributed by atoms with Crippen molar-refractivity contribution in [1.29, 1.82) is 0 Å². The molecule has 0 atom stereocenters. The summed E-state index contributed by atoms with van der Waals surface area (Å²) in [6.45, 7) is 2.95. The van der Waals surface area contributed by atoms with Crippen molar-refractivity contribution in [2.45, 2.75) is 26.3 Å². The van der Waals surface area contributed by atoms with Crippen molar-refractivity contribution in [3.8, 4) is 27.7 Å². The molecule has 0 aliphatic rings. The number of benzene rings is 1. The molecule has 0 saturated carbocycles. The van der Waals surface area contributed by atoms with E-state index in [2.05, 4.69) is 22.2 Å². The van der Waals surface area contributed by atoms with E-state index in [-0.39, 0.29) is 12.1 Å². The second-order valence-corrected chi connectivity index (χ2v) is 7.38. The molecule has 0 amide bonds. The Kier molecular flexibility index (Phi) is 5.81. The molecule has 0 unspecified atom stereocenters. The zero-order valence-corrected chi connectivity index (χ0v) is 16.8. The number of nitrogens with zero attached hydrogens (tertiary/aromatic N) is 4. The van der Waals surface area contributed by atoms with E-state index in [1.54, 1.807) is 6.07 Å². The quantitative estimate of drug-likeness (QED) is 0.405. The van der Waals surface area contributed by atoms with Crippen molar-refractivity contribution < 1.29 is 9.26 Å². The lowest BCUT2D eigenvalue weighted by Gasteiger charge is -2.07. The minimum Gasteiger partial charge on any atom is -0.494 e. The van der Waals surface area contributed by atoms with E-state index in [0.717, 1.165) is 29.0 Å². The van der Waals surface area contributed by atoms with E-state index < -0.39 is 0 Å². The molecule has 0 aliphatic heterocycles. The van der Waals surface area contributed by atoms with Gasteiger partial charge in [-0.3, -0.25) is 4.79 Å². The molecule has 3 aromatic heterocycles. The number of hydrogen-bond donors (Lipinski definition) is 0. The smallest absolute Gasteiger partial charge is 0.267 e.